The Hall–Kier alpha value is -1.66. The lowest BCUT2D eigenvalue weighted by Crippen LogP contribution is -3.11. The van der Waals surface area contributed by atoms with E-state index < -0.39 is 0 Å². The largest absolute Gasteiger partial charge is 0.355 e. The molecule has 22 heavy (non-hydrogen) atoms. The summed E-state index contributed by atoms with van der Waals surface area (Å²) in [5.74, 6) is 0.853. The fourth-order valence-electron chi connectivity index (χ4n) is 2.19. The third-order valence-corrected chi connectivity index (χ3v) is 4.06. The molecule has 2 heterocycles. The molecule has 0 bridgehead atoms. The van der Waals surface area contributed by atoms with E-state index in [-0.39, 0.29) is 11.4 Å². The fraction of sp³-hybridized carbons (Fsp3) is 0.500. The molecule has 0 fully saturated rings. The van der Waals surface area contributed by atoms with E-state index in [9.17, 15) is 4.79 Å². The molecule has 0 spiro atoms. The Bertz CT molecular complexity index is 599. The highest BCUT2D eigenvalue weighted by Gasteiger charge is 2.20. The molecule has 6 heteroatoms. The topological polar surface area (TPSA) is 59.6 Å². The van der Waals surface area contributed by atoms with Gasteiger partial charge in [-0.25, -0.2) is 0 Å². The number of hydrogen-bond acceptors (Lipinski definition) is 4. The summed E-state index contributed by atoms with van der Waals surface area (Å²) in [6, 6.07) is 5.96. The van der Waals surface area contributed by atoms with E-state index in [4.69, 9.17) is 4.52 Å². The molecule has 120 valence electrons. The molecule has 1 unspecified atom stereocenters. The first-order valence-corrected chi connectivity index (χ1v) is 8.39. The second-order valence-corrected chi connectivity index (χ2v) is 7.36. The van der Waals surface area contributed by atoms with Gasteiger partial charge in [0.2, 0.25) is 0 Å². The van der Waals surface area contributed by atoms with Gasteiger partial charge in [-0.3, -0.25) is 4.79 Å². The van der Waals surface area contributed by atoms with Crippen molar-refractivity contribution in [3.05, 3.63) is 29.3 Å². The number of carbonyl (C=O) groups excluding carboxylic acids is 1. The van der Waals surface area contributed by atoms with Crippen molar-refractivity contribution in [1.82, 2.24) is 10.5 Å². The van der Waals surface area contributed by atoms with Gasteiger partial charge >= 0.3 is 0 Å². The Kier molecular flexibility index (Phi) is 5.37. The van der Waals surface area contributed by atoms with Crippen LogP contribution in [0.5, 0.6) is 0 Å². The minimum atomic E-state index is -0.198. The first-order chi connectivity index (χ1) is 10.4. The molecule has 0 aromatic carbocycles. The van der Waals surface area contributed by atoms with E-state index in [0.717, 1.165) is 27.8 Å². The summed E-state index contributed by atoms with van der Waals surface area (Å²) in [6.07, 6.45) is 0. The van der Waals surface area contributed by atoms with Crippen LogP contribution in [-0.4, -0.2) is 29.7 Å². The highest BCUT2D eigenvalue weighted by Crippen LogP contribution is 2.24. The summed E-state index contributed by atoms with van der Waals surface area (Å²) in [6.45, 7) is 10.0. The first kappa shape index (κ1) is 16.7. The molecular formula is C16H24N3O2S+. The molecule has 2 rings (SSSR count). The first-order valence-electron chi connectivity index (χ1n) is 7.51. The van der Waals surface area contributed by atoms with Crippen molar-refractivity contribution in [2.75, 3.05) is 13.1 Å². The van der Waals surface area contributed by atoms with Crippen molar-refractivity contribution >= 4 is 17.2 Å². The van der Waals surface area contributed by atoms with Gasteiger partial charge in [-0.15, -0.1) is 11.3 Å². The van der Waals surface area contributed by atoms with E-state index in [2.05, 4.69) is 17.4 Å². The summed E-state index contributed by atoms with van der Waals surface area (Å²) < 4.78 is 5.39. The standard InChI is InChI=1S/C16H23N3O2S/c1-5-19(11-15(20)17-16(2,3)4)10-12-9-13(21-18-12)14-7-6-8-22-14/h6-9H,5,10-11H2,1-4H3,(H,17,20)/p+1. The summed E-state index contributed by atoms with van der Waals surface area (Å²) in [7, 11) is 0. The number of amides is 1. The third kappa shape index (κ3) is 4.96. The highest BCUT2D eigenvalue weighted by molar-refractivity contribution is 7.13. The summed E-state index contributed by atoms with van der Waals surface area (Å²) in [5, 5.41) is 9.13. The molecule has 1 atom stereocenters. The van der Waals surface area contributed by atoms with Crippen LogP contribution in [-0.2, 0) is 11.3 Å². The van der Waals surface area contributed by atoms with E-state index >= 15 is 0 Å². The molecule has 0 saturated carbocycles. The van der Waals surface area contributed by atoms with Gasteiger partial charge in [0.05, 0.1) is 11.4 Å². The Morgan fingerprint density at radius 2 is 2.23 bits per heavy atom. The predicted octanol–water partition coefficient (Wildman–Crippen LogP) is 1.72. The molecular weight excluding hydrogens is 298 g/mol. The number of likely N-dealkylation sites (N-methyl/N-ethyl adjacent to an activating group) is 1. The Morgan fingerprint density at radius 3 is 2.82 bits per heavy atom. The number of thiophene rings is 1. The quantitative estimate of drug-likeness (QED) is 0.851. The van der Waals surface area contributed by atoms with E-state index in [1.807, 2.05) is 44.4 Å². The number of aromatic nitrogens is 1. The Balaban J connectivity index is 1.94. The SMILES string of the molecule is CC[NH+](CC(=O)NC(C)(C)C)Cc1cc(-c2cccs2)on1. The van der Waals surface area contributed by atoms with E-state index in [1.54, 1.807) is 11.3 Å². The van der Waals surface area contributed by atoms with Crippen LogP contribution in [0.1, 0.15) is 33.4 Å². The maximum absolute atomic E-state index is 12.0. The summed E-state index contributed by atoms with van der Waals surface area (Å²) in [4.78, 5) is 14.3. The highest BCUT2D eigenvalue weighted by atomic mass is 32.1. The summed E-state index contributed by atoms with van der Waals surface area (Å²) >= 11 is 1.63. The lowest BCUT2D eigenvalue weighted by molar-refractivity contribution is -0.904. The zero-order valence-electron chi connectivity index (χ0n) is 13.6. The van der Waals surface area contributed by atoms with Crippen LogP contribution in [0, 0.1) is 0 Å². The van der Waals surface area contributed by atoms with Crippen LogP contribution in [0.25, 0.3) is 10.6 Å². The van der Waals surface area contributed by atoms with Crippen LogP contribution < -0.4 is 10.2 Å². The van der Waals surface area contributed by atoms with Crippen molar-refractivity contribution < 1.29 is 14.2 Å². The molecule has 2 N–H and O–H groups in total. The second kappa shape index (κ2) is 7.07. The smallest absolute Gasteiger partial charge is 0.275 e. The number of nitrogens with zero attached hydrogens (tertiary/aromatic N) is 1. The fourth-order valence-corrected chi connectivity index (χ4v) is 2.86. The van der Waals surface area contributed by atoms with Gasteiger partial charge in [-0.2, -0.15) is 0 Å². The molecule has 1 amide bonds. The normalized spacial score (nSPS) is 13.1. The van der Waals surface area contributed by atoms with E-state index in [0.29, 0.717) is 13.1 Å². The average Bonchev–Trinajstić information content (AvgIpc) is 3.05. The Morgan fingerprint density at radius 1 is 1.45 bits per heavy atom. The molecule has 5 nitrogen and oxygen atoms in total. The van der Waals surface area contributed by atoms with Crippen molar-refractivity contribution in [3.63, 3.8) is 0 Å². The molecule has 0 saturated heterocycles. The van der Waals surface area contributed by atoms with Gasteiger partial charge in [0.15, 0.2) is 12.3 Å². The maximum atomic E-state index is 12.0. The van der Waals surface area contributed by atoms with Crippen LogP contribution in [0.15, 0.2) is 28.1 Å². The van der Waals surface area contributed by atoms with Gasteiger partial charge in [0, 0.05) is 11.6 Å². The molecule has 0 radical (unpaired) electrons. The summed E-state index contributed by atoms with van der Waals surface area (Å²) in [5.41, 5.74) is 0.680. The van der Waals surface area contributed by atoms with Crippen molar-refractivity contribution in [2.24, 2.45) is 0 Å². The number of quaternary nitrogens is 1. The average molecular weight is 322 g/mol. The molecule has 2 aromatic heterocycles. The lowest BCUT2D eigenvalue weighted by atomic mass is 10.1. The lowest BCUT2D eigenvalue weighted by Gasteiger charge is -2.22. The Labute approximate surface area is 135 Å². The molecule has 0 aliphatic heterocycles. The van der Waals surface area contributed by atoms with Crippen molar-refractivity contribution in [2.45, 2.75) is 39.8 Å². The van der Waals surface area contributed by atoms with Crippen molar-refractivity contribution in [3.8, 4) is 10.6 Å². The van der Waals surface area contributed by atoms with Crippen LogP contribution in [0.2, 0.25) is 0 Å². The third-order valence-electron chi connectivity index (χ3n) is 3.18. The van der Waals surface area contributed by atoms with E-state index in [1.165, 1.54) is 0 Å². The van der Waals surface area contributed by atoms with Crippen molar-refractivity contribution in [1.29, 1.82) is 0 Å². The van der Waals surface area contributed by atoms with Gasteiger partial charge < -0.3 is 14.7 Å². The number of hydrogen-bond donors (Lipinski definition) is 2. The number of nitrogens with one attached hydrogen (secondary N) is 2. The van der Waals surface area contributed by atoms with Crippen LogP contribution in [0.4, 0.5) is 0 Å². The van der Waals surface area contributed by atoms with Gasteiger partial charge in [-0.05, 0) is 39.1 Å². The number of rotatable bonds is 6. The van der Waals surface area contributed by atoms with Gasteiger partial charge in [0.25, 0.3) is 5.91 Å². The molecule has 0 aliphatic rings. The van der Waals surface area contributed by atoms with Gasteiger partial charge in [0.1, 0.15) is 12.2 Å². The monoisotopic (exact) mass is 322 g/mol. The zero-order valence-corrected chi connectivity index (χ0v) is 14.4. The molecule has 0 aliphatic carbocycles. The minimum absolute atomic E-state index is 0.0614. The minimum Gasteiger partial charge on any atom is -0.355 e. The second-order valence-electron chi connectivity index (χ2n) is 6.42. The predicted molar refractivity (Wildman–Crippen MR) is 87.8 cm³/mol. The maximum Gasteiger partial charge on any atom is 0.275 e. The van der Waals surface area contributed by atoms with Gasteiger partial charge in [-0.1, -0.05) is 11.2 Å². The van der Waals surface area contributed by atoms with Crippen LogP contribution in [0.3, 0.4) is 0 Å². The van der Waals surface area contributed by atoms with Crippen LogP contribution >= 0.6 is 11.3 Å². The molecule has 2 aromatic rings. The number of carbonyl (C=O) groups is 1. The zero-order chi connectivity index (χ0) is 16.2.